The normalized spacial score (nSPS) is 10.7. The van der Waals surface area contributed by atoms with Crippen molar-refractivity contribution in [3.63, 3.8) is 0 Å². The number of halogens is 1. The van der Waals surface area contributed by atoms with E-state index in [1.165, 1.54) is 5.56 Å². The van der Waals surface area contributed by atoms with Crippen LogP contribution in [0.5, 0.6) is 0 Å². The maximum absolute atomic E-state index is 4.41. The smallest absolute Gasteiger partial charge is 0.135 e. The van der Waals surface area contributed by atoms with Gasteiger partial charge in [-0.3, -0.25) is 0 Å². The summed E-state index contributed by atoms with van der Waals surface area (Å²) in [5.41, 5.74) is 2.34. The van der Waals surface area contributed by atoms with Gasteiger partial charge in [-0.25, -0.2) is 9.97 Å². The summed E-state index contributed by atoms with van der Waals surface area (Å²) >= 11 is 3.57. The first-order valence-corrected chi connectivity index (χ1v) is 7.98. The molecule has 4 nitrogen and oxygen atoms in total. The zero-order valence-electron chi connectivity index (χ0n) is 12.7. The van der Waals surface area contributed by atoms with E-state index in [0.29, 0.717) is 5.92 Å². The van der Waals surface area contributed by atoms with Crippen molar-refractivity contribution in [2.45, 2.75) is 33.2 Å². The molecule has 0 saturated heterocycles. The van der Waals surface area contributed by atoms with Crippen LogP contribution < -0.4 is 10.6 Å². The van der Waals surface area contributed by atoms with Crippen LogP contribution in [0.3, 0.4) is 0 Å². The Morgan fingerprint density at radius 1 is 1.10 bits per heavy atom. The van der Waals surface area contributed by atoms with Crippen molar-refractivity contribution in [1.29, 1.82) is 0 Å². The molecule has 5 heteroatoms. The van der Waals surface area contributed by atoms with Gasteiger partial charge in [0.15, 0.2) is 0 Å². The number of benzene rings is 1. The molecule has 0 aliphatic rings. The second kappa shape index (κ2) is 7.41. The van der Waals surface area contributed by atoms with Crippen molar-refractivity contribution in [1.82, 2.24) is 9.97 Å². The quantitative estimate of drug-likeness (QED) is 0.811. The first kappa shape index (κ1) is 15.8. The molecule has 0 spiro atoms. The monoisotopic (exact) mass is 348 g/mol. The van der Waals surface area contributed by atoms with E-state index < -0.39 is 0 Å². The Morgan fingerprint density at radius 2 is 1.76 bits per heavy atom. The number of anilines is 2. The average molecular weight is 349 g/mol. The summed E-state index contributed by atoms with van der Waals surface area (Å²) in [6.45, 7) is 7.96. The van der Waals surface area contributed by atoms with Gasteiger partial charge in [0, 0.05) is 23.1 Å². The Morgan fingerprint density at radius 3 is 2.38 bits per heavy atom. The predicted octanol–water partition coefficient (Wildman–Crippen LogP) is 4.41. The van der Waals surface area contributed by atoms with Crippen LogP contribution in [0, 0.1) is 0 Å². The van der Waals surface area contributed by atoms with Crippen LogP contribution in [0.4, 0.5) is 11.6 Å². The third kappa shape index (κ3) is 3.94. The fourth-order valence-corrected chi connectivity index (χ4v) is 2.64. The molecule has 1 aromatic carbocycles. The van der Waals surface area contributed by atoms with Gasteiger partial charge < -0.3 is 10.6 Å². The number of nitrogens with zero attached hydrogens (tertiary/aromatic N) is 2. The van der Waals surface area contributed by atoms with Crippen molar-refractivity contribution in [2.75, 3.05) is 17.2 Å². The molecule has 0 unspecified atom stereocenters. The van der Waals surface area contributed by atoms with Gasteiger partial charge in [-0.1, -0.05) is 48.0 Å². The summed E-state index contributed by atoms with van der Waals surface area (Å²) in [6.07, 6.45) is 1.60. The molecule has 1 aromatic heterocycles. The van der Waals surface area contributed by atoms with Crippen LogP contribution >= 0.6 is 15.9 Å². The SMILES string of the molecule is CCNc1ncnc(NCc2ccccc2Br)c1C(C)C. The zero-order chi connectivity index (χ0) is 15.2. The van der Waals surface area contributed by atoms with Crippen molar-refractivity contribution >= 4 is 27.6 Å². The van der Waals surface area contributed by atoms with E-state index in [4.69, 9.17) is 0 Å². The highest BCUT2D eigenvalue weighted by molar-refractivity contribution is 9.10. The summed E-state index contributed by atoms with van der Waals surface area (Å²) in [4.78, 5) is 8.76. The molecule has 112 valence electrons. The van der Waals surface area contributed by atoms with Crippen molar-refractivity contribution in [2.24, 2.45) is 0 Å². The lowest BCUT2D eigenvalue weighted by atomic mass is 10.0. The number of rotatable bonds is 6. The van der Waals surface area contributed by atoms with Gasteiger partial charge in [-0.15, -0.1) is 0 Å². The van der Waals surface area contributed by atoms with E-state index in [9.17, 15) is 0 Å². The summed E-state index contributed by atoms with van der Waals surface area (Å²) in [5, 5.41) is 6.74. The molecule has 0 radical (unpaired) electrons. The summed E-state index contributed by atoms with van der Waals surface area (Å²) in [5.74, 6) is 2.16. The molecule has 2 N–H and O–H groups in total. The Balaban J connectivity index is 2.23. The van der Waals surface area contributed by atoms with E-state index in [2.05, 4.69) is 63.4 Å². The minimum Gasteiger partial charge on any atom is -0.370 e. The van der Waals surface area contributed by atoms with Gasteiger partial charge in [0.05, 0.1) is 0 Å². The Kier molecular flexibility index (Phi) is 5.56. The highest BCUT2D eigenvalue weighted by Crippen LogP contribution is 2.29. The standard InChI is InChI=1S/C16H21BrN4/c1-4-18-15-14(11(2)3)16(21-10-20-15)19-9-12-7-5-6-8-13(12)17/h5-8,10-11H,4,9H2,1-3H3,(H2,18,19,20,21). The maximum Gasteiger partial charge on any atom is 0.135 e. The molecule has 21 heavy (non-hydrogen) atoms. The highest BCUT2D eigenvalue weighted by atomic mass is 79.9. The van der Waals surface area contributed by atoms with Gasteiger partial charge in [0.25, 0.3) is 0 Å². The van der Waals surface area contributed by atoms with Gasteiger partial charge in [-0.2, -0.15) is 0 Å². The zero-order valence-corrected chi connectivity index (χ0v) is 14.2. The molecular formula is C16H21BrN4. The van der Waals surface area contributed by atoms with E-state index >= 15 is 0 Å². The number of hydrogen-bond acceptors (Lipinski definition) is 4. The average Bonchev–Trinajstić information content (AvgIpc) is 2.46. The predicted molar refractivity (Wildman–Crippen MR) is 91.8 cm³/mol. The summed E-state index contributed by atoms with van der Waals surface area (Å²) < 4.78 is 1.10. The molecule has 0 atom stereocenters. The fraction of sp³-hybridized carbons (Fsp3) is 0.375. The van der Waals surface area contributed by atoms with Gasteiger partial charge in [0.1, 0.15) is 18.0 Å². The second-order valence-corrected chi connectivity index (χ2v) is 5.97. The van der Waals surface area contributed by atoms with Crippen LogP contribution in [0.1, 0.15) is 37.8 Å². The van der Waals surface area contributed by atoms with Crippen LogP contribution in [-0.2, 0) is 6.54 Å². The van der Waals surface area contributed by atoms with Crippen molar-refractivity contribution < 1.29 is 0 Å². The van der Waals surface area contributed by atoms with Gasteiger partial charge in [0.2, 0.25) is 0 Å². The first-order chi connectivity index (χ1) is 10.1. The van der Waals surface area contributed by atoms with Crippen molar-refractivity contribution in [3.05, 3.63) is 46.2 Å². The molecule has 1 heterocycles. The van der Waals surface area contributed by atoms with Crippen molar-refractivity contribution in [3.8, 4) is 0 Å². The molecular weight excluding hydrogens is 328 g/mol. The minimum atomic E-state index is 0.349. The molecule has 0 fully saturated rings. The number of nitrogens with one attached hydrogen (secondary N) is 2. The van der Waals surface area contributed by atoms with Crippen LogP contribution in [0.15, 0.2) is 35.1 Å². The lowest BCUT2D eigenvalue weighted by Gasteiger charge is -2.17. The van der Waals surface area contributed by atoms with Gasteiger partial charge >= 0.3 is 0 Å². The third-order valence-electron chi connectivity index (χ3n) is 3.21. The Hall–Kier alpha value is -1.62. The molecule has 2 aromatic rings. The number of aromatic nitrogens is 2. The Bertz CT molecular complexity index is 599. The topological polar surface area (TPSA) is 49.8 Å². The molecule has 0 saturated carbocycles. The highest BCUT2D eigenvalue weighted by Gasteiger charge is 2.14. The summed E-state index contributed by atoms with van der Waals surface area (Å²) in [6, 6.07) is 8.19. The number of hydrogen-bond donors (Lipinski definition) is 2. The molecule has 0 bridgehead atoms. The molecule has 2 rings (SSSR count). The van der Waals surface area contributed by atoms with Crippen LogP contribution in [0.25, 0.3) is 0 Å². The second-order valence-electron chi connectivity index (χ2n) is 5.11. The first-order valence-electron chi connectivity index (χ1n) is 7.19. The molecule has 0 aliphatic carbocycles. The van der Waals surface area contributed by atoms with Crippen LogP contribution in [0.2, 0.25) is 0 Å². The maximum atomic E-state index is 4.41. The fourth-order valence-electron chi connectivity index (χ4n) is 2.21. The van der Waals surface area contributed by atoms with E-state index in [1.807, 2.05) is 18.2 Å². The minimum absolute atomic E-state index is 0.349. The van der Waals surface area contributed by atoms with Crippen LogP contribution in [-0.4, -0.2) is 16.5 Å². The lowest BCUT2D eigenvalue weighted by molar-refractivity contribution is 0.844. The summed E-state index contributed by atoms with van der Waals surface area (Å²) in [7, 11) is 0. The van der Waals surface area contributed by atoms with E-state index in [1.54, 1.807) is 6.33 Å². The lowest BCUT2D eigenvalue weighted by Crippen LogP contribution is -2.11. The van der Waals surface area contributed by atoms with E-state index in [0.717, 1.165) is 34.8 Å². The Labute approximate surface area is 134 Å². The third-order valence-corrected chi connectivity index (χ3v) is 3.98. The van der Waals surface area contributed by atoms with Gasteiger partial charge in [-0.05, 0) is 24.5 Å². The van der Waals surface area contributed by atoms with E-state index in [-0.39, 0.29) is 0 Å². The largest absolute Gasteiger partial charge is 0.370 e. The molecule has 0 amide bonds. The molecule has 0 aliphatic heterocycles.